The Morgan fingerprint density at radius 2 is 2.04 bits per heavy atom. The van der Waals surface area contributed by atoms with Gasteiger partial charge in [-0.2, -0.15) is 0 Å². The van der Waals surface area contributed by atoms with Crippen molar-refractivity contribution < 1.29 is 9.53 Å². The lowest BCUT2D eigenvalue weighted by Crippen LogP contribution is -2.44. The second-order valence-corrected chi connectivity index (χ2v) is 5.90. The number of piperazine rings is 1. The number of rotatable bonds is 4. The molecule has 2 N–H and O–H groups in total. The molecule has 3 heterocycles. The fourth-order valence-electron chi connectivity index (χ4n) is 2.84. The summed E-state index contributed by atoms with van der Waals surface area (Å²) in [5.41, 5.74) is 8.49. The molecule has 0 radical (unpaired) electrons. The van der Waals surface area contributed by atoms with Gasteiger partial charge in [-0.25, -0.2) is 9.78 Å². The molecule has 7 nitrogen and oxygen atoms in total. The maximum absolute atomic E-state index is 12.3. The number of pyridine rings is 1. The number of fused-ring (bicyclic) bond motifs is 1. The van der Waals surface area contributed by atoms with E-state index in [1.54, 1.807) is 13.0 Å². The first-order chi connectivity index (χ1) is 11.1. The lowest BCUT2D eigenvalue weighted by molar-refractivity contribution is 0.0516. The minimum atomic E-state index is -0.376. The van der Waals surface area contributed by atoms with Crippen LogP contribution in [0.3, 0.4) is 0 Å². The van der Waals surface area contributed by atoms with Crippen molar-refractivity contribution in [2.45, 2.75) is 13.5 Å². The van der Waals surface area contributed by atoms with Crippen LogP contribution >= 0.6 is 0 Å². The molecule has 1 aliphatic heterocycles. The summed E-state index contributed by atoms with van der Waals surface area (Å²) in [5, 5.41) is 0. The molecule has 0 saturated carbocycles. The van der Waals surface area contributed by atoms with E-state index in [2.05, 4.69) is 21.8 Å². The van der Waals surface area contributed by atoms with E-state index in [1.807, 2.05) is 16.7 Å². The first kappa shape index (κ1) is 15.8. The Kier molecular flexibility index (Phi) is 4.49. The van der Waals surface area contributed by atoms with Crippen LogP contribution in [0.4, 0.5) is 5.69 Å². The molecular weight excluding hydrogens is 294 g/mol. The van der Waals surface area contributed by atoms with Gasteiger partial charge in [-0.3, -0.25) is 9.30 Å². The Morgan fingerprint density at radius 3 is 2.74 bits per heavy atom. The highest BCUT2D eigenvalue weighted by Crippen LogP contribution is 2.19. The zero-order valence-electron chi connectivity index (χ0n) is 13.7. The average molecular weight is 317 g/mol. The summed E-state index contributed by atoms with van der Waals surface area (Å²) in [6, 6.07) is 3.61. The number of nitrogens with zero attached hydrogens (tertiary/aromatic N) is 4. The van der Waals surface area contributed by atoms with E-state index in [4.69, 9.17) is 10.5 Å². The lowest BCUT2D eigenvalue weighted by atomic mass is 10.2. The van der Waals surface area contributed by atoms with Gasteiger partial charge in [-0.1, -0.05) is 0 Å². The number of carbonyl (C=O) groups excluding carboxylic acids is 1. The molecule has 0 spiro atoms. The summed E-state index contributed by atoms with van der Waals surface area (Å²) in [6.45, 7) is 6.77. The smallest absolute Gasteiger partial charge is 0.358 e. The number of anilines is 1. The highest BCUT2D eigenvalue weighted by Gasteiger charge is 2.23. The number of ether oxygens (including phenoxy) is 1. The molecule has 7 heteroatoms. The van der Waals surface area contributed by atoms with Gasteiger partial charge in [0.1, 0.15) is 5.65 Å². The SMILES string of the molecule is CCOC(=O)c1nc2ccc(N)cn2c1CN1CCN(C)CC1. The Bertz CT molecular complexity index is 704. The van der Waals surface area contributed by atoms with Gasteiger partial charge in [0.25, 0.3) is 0 Å². The van der Waals surface area contributed by atoms with Gasteiger partial charge in [0.05, 0.1) is 12.3 Å². The molecule has 3 rings (SSSR count). The number of hydrogen-bond donors (Lipinski definition) is 1. The third-order valence-corrected chi connectivity index (χ3v) is 4.18. The van der Waals surface area contributed by atoms with E-state index >= 15 is 0 Å². The molecule has 0 bridgehead atoms. The van der Waals surface area contributed by atoms with Crippen LogP contribution in [-0.2, 0) is 11.3 Å². The number of hydrogen-bond acceptors (Lipinski definition) is 6. The molecule has 124 valence electrons. The Labute approximate surface area is 135 Å². The number of nitrogen functional groups attached to an aromatic ring is 1. The molecule has 23 heavy (non-hydrogen) atoms. The van der Waals surface area contributed by atoms with E-state index in [0.29, 0.717) is 30.2 Å². The van der Waals surface area contributed by atoms with Crippen LogP contribution in [0.1, 0.15) is 23.1 Å². The number of esters is 1. The number of likely N-dealkylation sites (N-methyl/N-ethyl adjacent to an activating group) is 1. The molecule has 0 aromatic carbocycles. The molecule has 0 unspecified atom stereocenters. The van der Waals surface area contributed by atoms with Crippen molar-refractivity contribution in [2.24, 2.45) is 0 Å². The summed E-state index contributed by atoms with van der Waals surface area (Å²) in [7, 11) is 2.12. The summed E-state index contributed by atoms with van der Waals surface area (Å²) < 4.78 is 7.06. The van der Waals surface area contributed by atoms with E-state index in [1.165, 1.54) is 0 Å². The van der Waals surface area contributed by atoms with Crippen LogP contribution in [0.25, 0.3) is 5.65 Å². The molecule has 1 aliphatic rings. The van der Waals surface area contributed by atoms with Gasteiger partial charge < -0.3 is 15.4 Å². The Hall–Kier alpha value is -2.12. The second-order valence-electron chi connectivity index (χ2n) is 5.90. The standard InChI is InChI=1S/C16H23N5O2/c1-3-23-16(22)15-13(11-20-8-6-19(2)7-9-20)21-10-12(17)4-5-14(21)18-15/h4-5,10H,3,6-9,11,17H2,1-2H3. The molecule has 0 aliphatic carbocycles. The van der Waals surface area contributed by atoms with Crippen LogP contribution in [0.5, 0.6) is 0 Å². The van der Waals surface area contributed by atoms with Crippen LogP contribution in [0.2, 0.25) is 0 Å². The van der Waals surface area contributed by atoms with Crippen LogP contribution in [0.15, 0.2) is 18.3 Å². The normalized spacial score (nSPS) is 16.8. The van der Waals surface area contributed by atoms with Gasteiger partial charge in [0, 0.05) is 44.6 Å². The summed E-state index contributed by atoms with van der Waals surface area (Å²) in [5.74, 6) is -0.376. The van der Waals surface area contributed by atoms with E-state index < -0.39 is 0 Å². The maximum atomic E-state index is 12.3. The van der Waals surface area contributed by atoms with Crippen molar-refractivity contribution in [3.63, 3.8) is 0 Å². The fraction of sp³-hybridized carbons (Fsp3) is 0.500. The number of carbonyl (C=O) groups is 1. The predicted octanol–water partition coefficient (Wildman–Crippen LogP) is 0.841. The van der Waals surface area contributed by atoms with Crippen molar-refractivity contribution >= 4 is 17.3 Å². The van der Waals surface area contributed by atoms with Gasteiger partial charge in [-0.15, -0.1) is 0 Å². The first-order valence-electron chi connectivity index (χ1n) is 7.93. The van der Waals surface area contributed by atoms with Gasteiger partial charge in [0.15, 0.2) is 5.69 Å². The van der Waals surface area contributed by atoms with Crippen molar-refractivity contribution in [3.05, 3.63) is 29.7 Å². The van der Waals surface area contributed by atoms with Crippen LogP contribution < -0.4 is 5.73 Å². The van der Waals surface area contributed by atoms with Crippen molar-refractivity contribution in [2.75, 3.05) is 45.6 Å². The quantitative estimate of drug-likeness (QED) is 0.842. The lowest BCUT2D eigenvalue weighted by Gasteiger charge is -2.32. The molecule has 1 fully saturated rings. The summed E-state index contributed by atoms with van der Waals surface area (Å²) in [4.78, 5) is 21.3. The van der Waals surface area contributed by atoms with Gasteiger partial charge in [0.2, 0.25) is 0 Å². The summed E-state index contributed by atoms with van der Waals surface area (Å²) in [6.07, 6.45) is 1.82. The third kappa shape index (κ3) is 3.30. The minimum absolute atomic E-state index is 0.336. The third-order valence-electron chi connectivity index (χ3n) is 4.18. The Morgan fingerprint density at radius 1 is 1.30 bits per heavy atom. The van der Waals surface area contributed by atoms with Crippen LogP contribution in [-0.4, -0.2) is 65.0 Å². The zero-order chi connectivity index (χ0) is 16.4. The monoisotopic (exact) mass is 317 g/mol. The first-order valence-corrected chi connectivity index (χ1v) is 7.93. The molecule has 2 aromatic rings. The fourth-order valence-corrected chi connectivity index (χ4v) is 2.84. The van der Waals surface area contributed by atoms with E-state index in [-0.39, 0.29) is 5.97 Å². The zero-order valence-corrected chi connectivity index (χ0v) is 13.7. The molecule has 2 aromatic heterocycles. The summed E-state index contributed by atoms with van der Waals surface area (Å²) >= 11 is 0. The average Bonchev–Trinajstić information content (AvgIpc) is 2.88. The molecular formula is C16H23N5O2. The maximum Gasteiger partial charge on any atom is 0.358 e. The van der Waals surface area contributed by atoms with Crippen molar-refractivity contribution in [3.8, 4) is 0 Å². The molecule has 1 saturated heterocycles. The molecule has 0 atom stereocenters. The van der Waals surface area contributed by atoms with Crippen LogP contribution in [0, 0.1) is 0 Å². The minimum Gasteiger partial charge on any atom is -0.461 e. The van der Waals surface area contributed by atoms with Gasteiger partial charge >= 0.3 is 5.97 Å². The number of imidazole rings is 1. The van der Waals surface area contributed by atoms with Crippen molar-refractivity contribution in [1.29, 1.82) is 0 Å². The Balaban J connectivity index is 1.96. The largest absolute Gasteiger partial charge is 0.461 e. The van der Waals surface area contributed by atoms with E-state index in [9.17, 15) is 4.79 Å². The highest BCUT2D eigenvalue weighted by molar-refractivity contribution is 5.89. The highest BCUT2D eigenvalue weighted by atomic mass is 16.5. The predicted molar refractivity (Wildman–Crippen MR) is 88.3 cm³/mol. The topological polar surface area (TPSA) is 76.1 Å². The van der Waals surface area contributed by atoms with Gasteiger partial charge in [-0.05, 0) is 26.1 Å². The second kappa shape index (κ2) is 6.55. The molecule has 0 amide bonds. The number of nitrogens with two attached hydrogens (primary N) is 1. The van der Waals surface area contributed by atoms with E-state index in [0.717, 1.165) is 31.9 Å². The van der Waals surface area contributed by atoms with Crippen molar-refractivity contribution in [1.82, 2.24) is 19.2 Å². The number of aromatic nitrogens is 2.